The Morgan fingerprint density at radius 3 is 1.89 bits per heavy atom. The van der Waals surface area contributed by atoms with Crippen LogP contribution in [-0.2, 0) is 28.2 Å². The Bertz CT molecular complexity index is 1010. The minimum atomic E-state index is -4.79. The number of carbonyl (C=O) groups excluding carboxylic acids is 2. The third-order valence-electron chi connectivity index (χ3n) is 6.42. The lowest BCUT2D eigenvalue weighted by molar-refractivity contribution is -0.161. The molecular formula is C35H57O10P. The van der Waals surface area contributed by atoms with Crippen LogP contribution >= 0.6 is 7.82 Å². The van der Waals surface area contributed by atoms with E-state index < -0.39 is 44.7 Å². The molecule has 0 saturated heterocycles. The highest BCUT2D eigenvalue weighted by Gasteiger charge is 2.22. The quantitative estimate of drug-likeness (QED) is 0.0222. The summed E-state index contributed by atoms with van der Waals surface area (Å²) in [6, 6.07) is 0. The molecule has 0 aliphatic heterocycles. The van der Waals surface area contributed by atoms with E-state index in [1.807, 2.05) is 37.3 Å². The Morgan fingerprint density at radius 2 is 1.28 bits per heavy atom. The fourth-order valence-electron chi connectivity index (χ4n) is 3.92. The van der Waals surface area contributed by atoms with Crippen LogP contribution in [0.4, 0.5) is 0 Å². The molecule has 0 aromatic rings. The van der Waals surface area contributed by atoms with Gasteiger partial charge in [0, 0.05) is 12.8 Å². The predicted octanol–water partition coefficient (Wildman–Crippen LogP) is 7.11. The van der Waals surface area contributed by atoms with Gasteiger partial charge in [0.1, 0.15) is 6.61 Å². The largest absolute Gasteiger partial charge is 0.469 e. The van der Waals surface area contributed by atoms with Gasteiger partial charge in [-0.1, -0.05) is 125 Å². The van der Waals surface area contributed by atoms with Crippen molar-refractivity contribution in [3.05, 3.63) is 72.9 Å². The highest BCUT2D eigenvalue weighted by molar-refractivity contribution is 7.46. The third kappa shape index (κ3) is 31.4. The van der Waals surface area contributed by atoms with Crippen LogP contribution in [0.25, 0.3) is 0 Å². The summed E-state index contributed by atoms with van der Waals surface area (Å²) < 4.78 is 26.0. The molecule has 11 heteroatoms. The van der Waals surface area contributed by atoms with Crippen LogP contribution in [0.1, 0.15) is 104 Å². The summed E-state index contributed by atoms with van der Waals surface area (Å²) >= 11 is 0. The van der Waals surface area contributed by atoms with E-state index in [1.165, 1.54) is 19.3 Å². The second kappa shape index (κ2) is 29.8. The second-order valence-corrected chi connectivity index (χ2v) is 12.0. The number of allylic oxidation sites excluding steroid dienone is 8. The SMILES string of the molecule is CC/C=C\C[C@H](O)/C=C/C=C\C=C\[C@H](O)C/C=C\C/C=C\CCC(=O)O[C@H](COC(=O)CCCCCCCCC)COP(=O)(O)O. The van der Waals surface area contributed by atoms with E-state index in [1.54, 1.807) is 42.5 Å². The van der Waals surface area contributed by atoms with E-state index in [2.05, 4.69) is 11.4 Å². The molecule has 10 nitrogen and oxygen atoms in total. The molecule has 0 bridgehead atoms. The van der Waals surface area contributed by atoms with Gasteiger partial charge in [0.15, 0.2) is 6.10 Å². The normalized spacial score (nSPS) is 14.8. The van der Waals surface area contributed by atoms with Gasteiger partial charge in [0.25, 0.3) is 0 Å². The van der Waals surface area contributed by atoms with Gasteiger partial charge in [-0.3, -0.25) is 14.1 Å². The molecule has 3 atom stereocenters. The van der Waals surface area contributed by atoms with E-state index in [-0.39, 0.29) is 19.4 Å². The number of hydrogen-bond acceptors (Lipinski definition) is 8. The smallest absolute Gasteiger partial charge is 0.462 e. The topological polar surface area (TPSA) is 160 Å². The maximum Gasteiger partial charge on any atom is 0.469 e. The van der Waals surface area contributed by atoms with Gasteiger partial charge in [-0.05, 0) is 38.5 Å². The van der Waals surface area contributed by atoms with Crippen molar-refractivity contribution in [2.24, 2.45) is 0 Å². The van der Waals surface area contributed by atoms with E-state index >= 15 is 0 Å². The number of ether oxygens (including phenoxy) is 2. The zero-order chi connectivity index (χ0) is 34.3. The van der Waals surface area contributed by atoms with Crippen molar-refractivity contribution in [1.29, 1.82) is 0 Å². The van der Waals surface area contributed by atoms with Gasteiger partial charge < -0.3 is 29.5 Å². The first kappa shape index (κ1) is 43.4. The lowest BCUT2D eigenvalue weighted by Gasteiger charge is -2.18. The molecule has 0 aliphatic rings. The van der Waals surface area contributed by atoms with Crippen molar-refractivity contribution in [3.63, 3.8) is 0 Å². The summed E-state index contributed by atoms with van der Waals surface area (Å²) in [5.41, 5.74) is 0. The van der Waals surface area contributed by atoms with Crippen molar-refractivity contribution in [3.8, 4) is 0 Å². The number of rotatable bonds is 28. The van der Waals surface area contributed by atoms with Crippen molar-refractivity contribution in [2.75, 3.05) is 13.2 Å². The average molecular weight is 669 g/mol. The summed E-state index contributed by atoms with van der Waals surface area (Å²) in [4.78, 5) is 42.3. The molecule has 0 spiro atoms. The van der Waals surface area contributed by atoms with E-state index in [0.29, 0.717) is 32.1 Å². The van der Waals surface area contributed by atoms with E-state index in [0.717, 1.165) is 25.7 Å². The molecule has 0 radical (unpaired) electrons. The maximum atomic E-state index is 12.3. The number of aliphatic hydroxyl groups is 2. The second-order valence-electron chi connectivity index (χ2n) is 10.8. The molecule has 0 aromatic heterocycles. The van der Waals surface area contributed by atoms with Gasteiger partial charge >= 0.3 is 19.8 Å². The van der Waals surface area contributed by atoms with Crippen molar-refractivity contribution in [2.45, 2.75) is 122 Å². The molecule has 0 unspecified atom stereocenters. The van der Waals surface area contributed by atoms with Gasteiger partial charge in [0.05, 0.1) is 18.8 Å². The molecule has 4 N–H and O–H groups in total. The predicted molar refractivity (Wildman–Crippen MR) is 182 cm³/mol. The molecule has 0 heterocycles. The minimum absolute atomic E-state index is 0.0275. The summed E-state index contributed by atoms with van der Waals surface area (Å²) in [5, 5.41) is 19.8. The lowest BCUT2D eigenvalue weighted by Crippen LogP contribution is -2.29. The molecular weight excluding hydrogens is 611 g/mol. The molecule has 0 amide bonds. The van der Waals surface area contributed by atoms with Gasteiger partial charge in [-0.2, -0.15) is 0 Å². The Kier molecular flexibility index (Phi) is 28.1. The van der Waals surface area contributed by atoms with Crippen LogP contribution in [0.15, 0.2) is 72.9 Å². The van der Waals surface area contributed by atoms with Crippen LogP contribution in [0.5, 0.6) is 0 Å². The lowest BCUT2D eigenvalue weighted by atomic mass is 10.1. The third-order valence-corrected chi connectivity index (χ3v) is 6.90. The summed E-state index contributed by atoms with van der Waals surface area (Å²) in [6.45, 7) is 3.25. The zero-order valence-corrected chi connectivity index (χ0v) is 28.6. The molecule has 0 aliphatic carbocycles. The van der Waals surface area contributed by atoms with Crippen molar-refractivity contribution < 1.29 is 48.2 Å². The Labute approximate surface area is 275 Å². The number of unbranched alkanes of at least 4 members (excludes halogenated alkanes) is 6. The van der Waals surface area contributed by atoms with Gasteiger partial charge in [0.2, 0.25) is 0 Å². The van der Waals surface area contributed by atoms with Crippen molar-refractivity contribution in [1.82, 2.24) is 0 Å². The first-order valence-corrected chi connectivity index (χ1v) is 18.0. The van der Waals surface area contributed by atoms with Gasteiger partial charge in [-0.15, -0.1) is 0 Å². The number of hydrogen-bond donors (Lipinski definition) is 4. The number of phosphoric acid groups is 1. The van der Waals surface area contributed by atoms with Crippen LogP contribution in [0.2, 0.25) is 0 Å². The number of phosphoric ester groups is 1. The maximum absolute atomic E-state index is 12.3. The van der Waals surface area contributed by atoms with Crippen LogP contribution in [0.3, 0.4) is 0 Å². The molecule has 46 heavy (non-hydrogen) atoms. The first-order chi connectivity index (χ1) is 22.1. The van der Waals surface area contributed by atoms with Crippen LogP contribution in [0, 0.1) is 0 Å². The van der Waals surface area contributed by atoms with E-state index in [4.69, 9.17) is 19.3 Å². The summed E-state index contributed by atoms with van der Waals surface area (Å²) in [5.74, 6) is -1.07. The highest BCUT2D eigenvalue weighted by Crippen LogP contribution is 2.35. The fraction of sp³-hybridized carbons (Fsp3) is 0.600. The molecule has 0 aromatic carbocycles. The monoisotopic (exact) mass is 668 g/mol. The molecule has 0 saturated carbocycles. The van der Waals surface area contributed by atoms with Crippen LogP contribution < -0.4 is 0 Å². The Morgan fingerprint density at radius 1 is 0.696 bits per heavy atom. The number of esters is 2. The highest BCUT2D eigenvalue weighted by atomic mass is 31.2. The fourth-order valence-corrected chi connectivity index (χ4v) is 4.28. The number of carbonyl (C=O) groups is 2. The molecule has 0 fully saturated rings. The Balaban J connectivity index is 4.32. The van der Waals surface area contributed by atoms with Crippen molar-refractivity contribution >= 4 is 19.8 Å². The Hall–Kier alpha value is -2.59. The first-order valence-electron chi connectivity index (χ1n) is 16.4. The van der Waals surface area contributed by atoms with Crippen LogP contribution in [-0.4, -0.2) is 63.5 Å². The summed E-state index contributed by atoms with van der Waals surface area (Å²) in [7, 11) is -4.79. The van der Waals surface area contributed by atoms with E-state index in [9.17, 15) is 24.4 Å². The zero-order valence-electron chi connectivity index (χ0n) is 27.7. The average Bonchev–Trinajstić information content (AvgIpc) is 3.00. The molecule has 0 rings (SSSR count). The summed E-state index contributed by atoms with van der Waals surface area (Å²) in [6.07, 6.45) is 30.2. The minimum Gasteiger partial charge on any atom is -0.462 e. The molecule has 262 valence electrons. The van der Waals surface area contributed by atoms with Gasteiger partial charge in [-0.25, -0.2) is 4.57 Å². The standard InChI is InChI=1S/C35H57O10P/c1-3-5-7-8-9-13-21-27-34(38)43-29-33(30-44-46(40,41)42)45-35(39)28-22-14-11-10-12-18-24-32(37)26-20-16-15-19-25-31(36)23-17-6-4-2/h6,11-12,14-20,25-26,31-33,36-37H,3-5,7-10,13,21-24,27-30H2,1-2H3,(H2,40,41,42)/b14-11-,16-15-,17-6-,18-12-,25-19+,26-20+/t31-,32+,33+/m0/s1. The number of aliphatic hydroxyl groups excluding tert-OH is 2.